The van der Waals surface area contributed by atoms with Gasteiger partial charge in [0.05, 0.1) is 0 Å². The molecule has 0 heterocycles. The fourth-order valence-corrected chi connectivity index (χ4v) is 1.60. The Morgan fingerprint density at radius 2 is 1.87 bits per heavy atom. The highest BCUT2D eigenvalue weighted by molar-refractivity contribution is 6.31. The first-order chi connectivity index (χ1) is 7.29. The number of benzene rings is 2. The lowest BCUT2D eigenvalue weighted by molar-refractivity contribution is -0.109. The smallest absolute Gasteiger partial charge is 0.157 e. The molecule has 0 fully saturated rings. The van der Waals surface area contributed by atoms with Crippen molar-refractivity contribution in [3.05, 3.63) is 41.4 Å². The van der Waals surface area contributed by atoms with Crippen LogP contribution in [-0.4, -0.2) is 12.9 Å². The molecule has 0 radical (unpaired) electrons. The van der Waals surface area contributed by atoms with E-state index in [0.29, 0.717) is 10.8 Å². The van der Waals surface area contributed by atoms with Crippen LogP contribution in [0.4, 0.5) is 0 Å². The summed E-state index contributed by atoms with van der Waals surface area (Å²) >= 11 is 5.86. The summed E-state index contributed by atoms with van der Waals surface area (Å²) < 4.78 is 5.19. The summed E-state index contributed by atoms with van der Waals surface area (Å²) in [6, 6.07) is 11.3. The second-order valence-electron chi connectivity index (χ2n) is 3.13. The summed E-state index contributed by atoms with van der Waals surface area (Å²) in [7, 11) is 0. The Kier molecular flexibility index (Phi) is 2.88. The molecule has 0 atom stereocenters. The minimum absolute atomic E-state index is 0.0824. The van der Waals surface area contributed by atoms with Gasteiger partial charge in [-0.1, -0.05) is 23.7 Å². The van der Waals surface area contributed by atoms with E-state index in [0.717, 1.165) is 17.1 Å². The maximum atomic E-state index is 10.1. The molecule has 15 heavy (non-hydrogen) atoms. The Balaban J connectivity index is 2.38. The zero-order valence-corrected chi connectivity index (χ0v) is 8.70. The van der Waals surface area contributed by atoms with Gasteiger partial charge in [0, 0.05) is 5.02 Å². The van der Waals surface area contributed by atoms with E-state index in [9.17, 15) is 4.79 Å². The monoisotopic (exact) mass is 220 g/mol. The van der Waals surface area contributed by atoms with Crippen molar-refractivity contribution in [3.63, 3.8) is 0 Å². The third-order valence-corrected chi connectivity index (χ3v) is 2.33. The van der Waals surface area contributed by atoms with Crippen LogP contribution in [-0.2, 0) is 4.79 Å². The predicted octanol–water partition coefficient (Wildman–Crippen LogP) is 3.07. The van der Waals surface area contributed by atoms with Crippen molar-refractivity contribution < 1.29 is 9.53 Å². The minimum atomic E-state index is 0.0824. The Morgan fingerprint density at radius 1 is 1.13 bits per heavy atom. The van der Waals surface area contributed by atoms with E-state index in [1.165, 1.54) is 0 Å². The molecule has 0 saturated carbocycles. The average molecular weight is 221 g/mol. The van der Waals surface area contributed by atoms with E-state index in [1.54, 1.807) is 0 Å². The van der Waals surface area contributed by atoms with E-state index < -0.39 is 0 Å². The second-order valence-corrected chi connectivity index (χ2v) is 3.57. The van der Waals surface area contributed by atoms with Crippen molar-refractivity contribution in [3.8, 4) is 5.75 Å². The summed E-state index contributed by atoms with van der Waals surface area (Å²) in [6.45, 7) is 0.0824. The van der Waals surface area contributed by atoms with Gasteiger partial charge < -0.3 is 4.74 Å². The van der Waals surface area contributed by atoms with Crippen LogP contribution in [0, 0.1) is 0 Å². The summed E-state index contributed by atoms with van der Waals surface area (Å²) in [6.07, 6.45) is 0.728. The van der Waals surface area contributed by atoms with E-state index in [1.807, 2.05) is 36.4 Å². The van der Waals surface area contributed by atoms with Gasteiger partial charge in [-0.25, -0.2) is 0 Å². The van der Waals surface area contributed by atoms with E-state index >= 15 is 0 Å². The van der Waals surface area contributed by atoms with Crippen molar-refractivity contribution in [2.24, 2.45) is 0 Å². The molecule has 76 valence electrons. The molecule has 0 saturated heterocycles. The number of aldehydes is 1. The van der Waals surface area contributed by atoms with Crippen molar-refractivity contribution in [1.29, 1.82) is 0 Å². The molecule has 2 rings (SSSR count). The molecule has 0 aliphatic heterocycles. The lowest BCUT2D eigenvalue weighted by Gasteiger charge is -2.04. The lowest BCUT2D eigenvalue weighted by atomic mass is 10.1. The fourth-order valence-electron chi connectivity index (χ4n) is 1.41. The normalized spacial score (nSPS) is 10.2. The van der Waals surface area contributed by atoms with E-state index in [2.05, 4.69) is 0 Å². The average Bonchev–Trinajstić information content (AvgIpc) is 2.26. The molecule has 0 spiro atoms. The van der Waals surface area contributed by atoms with E-state index in [4.69, 9.17) is 16.3 Å². The number of carbonyl (C=O) groups is 1. The largest absolute Gasteiger partial charge is 0.486 e. The van der Waals surface area contributed by atoms with E-state index in [-0.39, 0.29) is 6.61 Å². The highest BCUT2D eigenvalue weighted by Gasteiger charge is 1.97. The third-order valence-electron chi connectivity index (χ3n) is 2.09. The predicted molar refractivity (Wildman–Crippen MR) is 60.5 cm³/mol. The highest BCUT2D eigenvalue weighted by atomic mass is 35.5. The fraction of sp³-hybridized carbons (Fsp3) is 0.0833. The van der Waals surface area contributed by atoms with Crippen molar-refractivity contribution in [2.75, 3.05) is 6.61 Å². The van der Waals surface area contributed by atoms with Gasteiger partial charge in [-0.05, 0) is 35.0 Å². The van der Waals surface area contributed by atoms with Gasteiger partial charge in [-0.15, -0.1) is 0 Å². The summed E-state index contributed by atoms with van der Waals surface area (Å²) in [5.74, 6) is 0.692. The number of hydrogen-bond donors (Lipinski definition) is 0. The molecule has 0 aromatic heterocycles. The molecule has 0 unspecified atom stereocenters. The van der Waals surface area contributed by atoms with Crippen LogP contribution in [0.2, 0.25) is 5.02 Å². The Morgan fingerprint density at radius 3 is 2.67 bits per heavy atom. The number of ether oxygens (including phenoxy) is 1. The summed E-state index contributed by atoms with van der Waals surface area (Å²) in [4.78, 5) is 10.1. The van der Waals surface area contributed by atoms with Crippen LogP contribution in [0.1, 0.15) is 0 Å². The number of halogens is 1. The van der Waals surface area contributed by atoms with Crippen molar-refractivity contribution >= 4 is 28.7 Å². The van der Waals surface area contributed by atoms with Crippen LogP contribution in [0.15, 0.2) is 36.4 Å². The van der Waals surface area contributed by atoms with Crippen LogP contribution in [0.5, 0.6) is 5.75 Å². The topological polar surface area (TPSA) is 26.3 Å². The Hall–Kier alpha value is -1.54. The number of hydrogen-bond acceptors (Lipinski definition) is 2. The maximum Gasteiger partial charge on any atom is 0.157 e. The second kappa shape index (κ2) is 4.32. The first-order valence-corrected chi connectivity index (χ1v) is 4.93. The van der Waals surface area contributed by atoms with Crippen molar-refractivity contribution in [1.82, 2.24) is 0 Å². The minimum Gasteiger partial charge on any atom is -0.486 e. The molecule has 2 aromatic carbocycles. The number of rotatable bonds is 3. The van der Waals surface area contributed by atoms with Gasteiger partial charge in [-0.3, -0.25) is 4.79 Å². The van der Waals surface area contributed by atoms with Crippen LogP contribution < -0.4 is 4.74 Å². The first-order valence-electron chi connectivity index (χ1n) is 4.55. The molecule has 0 aliphatic rings. The molecule has 3 heteroatoms. The molecule has 0 bridgehead atoms. The summed E-state index contributed by atoms with van der Waals surface area (Å²) in [5, 5.41) is 2.81. The molecular weight excluding hydrogens is 212 g/mol. The Bertz CT molecular complexity index is 494. The van der Waals surface area contributed by atoms with Gasteiger partial charge in [0.1, 0.15) is 12.4 Å². The maximum absolute atomic E-state index is 10.1. The van der Waals surface area contributed by atoms with Crippen molar-refractivity contribution in [2.45, 2.75) is 0 Å². The number of carbonyl (C=O) groups excluding carboxylic acids is 1. The summed E-state index contributed by atoms with van der Waals surface area (Å²) in [5.41, 5.74) is 0. The highest BCUT2D eigenvalue weighted by Crippen LogP contribution is 2.23. The molecule has 0 amide bonds. The standard InChI is InChI=1S/C12H9ClO2/c13-11-3-1-10-8-12(15-6-5-14)4-2-9(10)7-11/h1-5,7-8H,6H2. The quantitative estimate of drug-likeness (QED) is 0.744. The zero-order valence-electron chi connectivity index (χ0n) is 7.94. The van der Waals surface area contributed by atoms with Gasteiger partial charge in [0.25, 0.3) is 0 Å². The third kappa shape index (κ3) is 2.28. The molecular formula is C12H9ClO2. The van der Waals surface area contributed by atoms with Gasteiger partial charge in [0.2, 0.25) is 0 Å². The van der Waals surface area contributed by atoms with Gasteiger partial charge >= 0.3 is 0 Å². The van der Waals surface area contributed by atoms with Crippen LogP contribution in [0.3, 0.4) is 0 Å². The SMILES string of the molecule is O=CCOc1ccc2cc(Cl)ccc2c1. The first kappa shape index (κ1) is 9.99. The Labute approximate surface area is 92.4 Å². The lowest BCUT2D eigenvalue weighted by Crippen LogP contribution is -1.97. The molecule has 2 nitrogen and oxygen atoms in total. The number of fused-ring (bicyclic) bond motifs is 1. The molecule has 0 aliphatic carbocycles. The van der Waals surface area contributed by atoms with Gasteiger partial charge in [0.15, 0.2) is 6.29 Å². The van der Waals surface area contributed by atoms with Crippen LogP contribution in [0.25, 0.3) is 10.8 Å². The molecule has 0 N–H and O–H groups in total. The van der Waals surface area contributed by atoms with Crippen LogP contribution >= 0.6 is 11.6 Å². The zero-order chi connectivity index (χ0) is 10.7. The van der Waals surface area contributed by atoms with Gasteiger partial charge in [-0.2, -0.15) is 0 Å². The molecule has 2 aromatic rings.